The quantitative estimate of drug-likeness (QED) is 0.363. The van der Waals surface area contributed by atoms with Crippen molar-refractivity contribution >= 4 is 39.1 Å². The Morgan fingerprint density at radius 1 is 1.00 bits per heavy atom. The van der Waals surface area contributed by atoms with E-state index in [1.165, 1.54) is 36.4 Å². The number of hydrogen-bond donors (Lipinski definition) is 2. The minimum Gasteiger partial charge on any atom is -0.444 e. The zero-order chi connectivity index (χ0) is 26.8. The molecule has 3 aromatic rings. The number of rotatable bonds is 6. The van der Waals surface area contributed by atoms with Gasteiger partial charge in [0.2, 0.25) is 0 Å². The predicted octanol–water partition coefficient (Wildman–Crippen LogP) is 6.50. The number of aliphatic hydroxyl groups is 1. The van der Waals surface area contributed by atoms with Crippen molar-refractivity contribution in [2.24, 2.45) is 0 Å². The van der Waals surface area contributed by atoms with Crippen LogP contribution in [-0.2, 0) is 14.6 Å². The van der Waals surface area contributed by atoms with E-state index in [0.29, 0.717) is 16.7 Å². The van der Waals surface area contributed by atoms with E-state index in [-0.39, 0.29) is 20.5 Å². The molecule has 0 unspecified atom stereocenters. The summed E-state index contributed by atoms with van der Waals surface area (Å²) in [4.78, 5) is 12.6. The molecule has 0 spiro atoms. The molecule has 10 heteroatoms. The number of benzene rings is 3. The fourth-order valence-electron chi connectivity index (χ4n) is 3.52. The number of carbonyl (C=O) groups excluding carboxylic acids is 1. The lowest BCUT2D eigenvalue weighted by Crippen LogP contribution is -2.37. The van der Waals surface area contributed by atoms with Crippen molar-refractivity contribution in [1.29, 1.82) is 0 Å². The summed E-state index contributed by atoms with van der Waals surface area (Å²) in [7, 11) is -3.44. The second-order valence-corrected chi connectivity index (χ2v) is 12.1. The number of halogens is 3. The fourth-order valence-corrected chi connectivity index (χ4v) is 4.49. The van der Waals surface area contributed by atoms with Gasteiger partial charge in [0.05, 0.1) is 21.0 Å². The lowest BCUT2D eigenvalue weighted by molar-refractivity contribution is 0.0415. The largest absolute Gasteiger partial charge is 0.444 e. The average molecular weight is 554 g/mol. The van der Waals surface area contributed by atoms with Crippen LogP contribution in [0.15, 0.2) is 65.6 Å². The molecule has 1 amide bonds. The van der Waals surface area contributed by atoms with Crippen LogP contribution in [-0.4, -0.2) is 31.5 Å². The summed E-state index contributed by atoms with van der Waals surface area (Å²) in [5.41, 5.74) is 0.396. The van der Waals surface area contributed by atoms with Gasteiger partial charge in [-0.2, -0.15) is 0 Å². The van der Waals surface area contributed by atoms with Crippen molar-refractivity contribution in [1.82, 2.24) is 5.32 Å². The SMILES string of the molecule is CC(C)(C)OC(=O)N[C@H](c1ccc(Cl)c(Cl)c1)[C@H](O)c1ccc(-c2cccc(S(C)(=O)=O)c2)cc1F. The van der Waals surface area contributed by atoms with Crippen LogP contribution in [0, 0.1) is 5.82 Å². The van der Waals surface area contributed by atoms with E-state index < -0.39 is 39.5 Å². The third kappa shape index (κ3) is 6.97. The van der Waals surface area contributed by atoms with Crippen molar-refractivity contribution in [3.05, 3.63) is 87.7 Å². The number of nitrogens with one attached hydrogen (secondary N) is 1. The van der Waals surface area contributed by atoms with Gasteiger partial charge in [-0.3, -0.25) is 0 Å². The van der Waals surface area contributed by atoms with Gasteiger partial charge in [0.25, 0.3) is 0 Å². The average Bonchev–Trinajstić information content (AvgIpc) is 2.77. The molecular weight excluding hydrogens is 528 g/mol. The Morgan fingerprint density at radius 3 is 2.25 bits per heavy atom. The topological polar surface area (TPSA) is 92.7 Å². The van der Waals surface area contributed by atoms with E-state index in [1.54, 1.807) is 45.0 Å². The second kappa shape index (κ2) is 10.8. The molecule has 0 bridgehead atoms. The molecular formula is C26H26Cl2FNO5S. The van der Waals surface area contributed by atoms with E-state index in [9.17, 15) is 18.3 Å². The summed E-state index contributed by atoms with van der Waals surface area (Å²) in [6.45, 7) is 5.07. The molecule has 0 aliphatic carbocycles. The minimum absolute atomic E-state index is 0.0925. The third-order valence-electron chi connectivity index (χ3n) is 5.21. The van der Waals surface area contributed by atoms with Gasteiger partial charge >= 0.3 is 6.09 Å². The monoisotopic (exact) mass is 553 g/mol. The van der Waals surface area contributed by atoms with Crippen LogP contribution in [0.3, 0.4) is 0 Å². The van der Waals surface area contributed by atoms with Gasteiger partial charge < -0.3 is 15.2 Å². The summed E-state index contributed by atoms with van der Waals surface area (Å²) in [5, 5.41) is 14.2. The Morgan fingerprint density at radius 2 is 1.67 bits per heavy atom. The molecule has 3 rings (SSSR count). The molecule has 6 nitrogen and oxygen atoms in total. The Hall–Kier alpha value is -2.65. The lowest BCUT2D eigenvalue weighted by atomic mass is 9.93. The van der Waals surface area contributed by atoms with Crippen LogP contribution < -0.4 is 5.32 Å². The molecule has 3 aromatic carbocycles. The van der Waals surface area contributed by atoms with Gasteiger partial charge in [-0.25, -0.2) is 17.6 Å². The van der Waals surface area contributed by atoms with Crippen LogP contribution in [0.25, 0.3) is 11.1 Å². The molecule has 192 valence electrons. The summed E-state index contributed by atoms with van der Waals surface area (Å²) in [6, 6.07) is 13.7. The van der Waals surface area contributed by atoms with Crippen molar-refractivity contribution in [2.75, 3.05) is 6.26 Å². The Labute approximate surface area is 219 Å². The maximum Gasteiger partial charge on any atom is 0.408 e. The number of ether oxygens (including phenoxy) is 1. The number of aliphatic hydroxyl groups excluding tert-OH is 1. The summed E-state index contributed by atoms with van der Waals surface area (Å²) in [5.74, 6) is -0.749. The first-order valence-corrected chi connectivity index (χ1v) is 13.5. The maximum atomic E-state index is 15.3. The highest BCUT2D eigenvalue weighted by atomic mass is 35.5. The van der Waals surface area contributed by atoms with Crippen LogP contribution in [0.1, 0.15) is 44.0 Å². The lowest BCUT2D eigenvalue weighted by Gasteiger charge is -2.28. The van der Waals surface area contributed by atoms with Crippen molar-refractivity contribution in [3.63, 3.8) is 0 Å². The Kier molecular flexibility index (Phi) is 8.35. The van der Waals surface area contributed by atoms with Gasteiger partial charge in [0, 0.05) is 11.8 Å². The van der Waals surface area contributed by atoms with E-state index in [4.69, 9.17) is 27.9 Å². The van der Waals surface area contributed by atoms with E-state index in [0.717, 1.165) is 6.26 Å². The smallest absolute Gasteiger partial charge is 0.408 e. The molecule has 0 aliphatic rings. The fraction of sp³-hybridized carbons (Fsp3) is 0.269. The summed E-state index contributed by atoms with van der Waals surface area (Å²) < 4.78 is 44.4. The molecule has 0 heterocycles. The first-order valence-electron chi connectivity index (χ1n) is 10.9. The predicted molar refractivity (Wildman–Crippen MR) is 138 cm³/mol. The maximum absolute atomic E-state index is 15.3. The van der Waals surface area contributed by atoms with Crippen LogP contribution in [0.4, 0.5) is 9.18 Å². The van der Waals surface area contributed by atoms with Crippen LogP contribution >= 0.6 is 23.2 Å². The van der Waals surface area contributed by atoms with Gasteiger partial charge in [-0.05, 0) is 67.8 Å². The van der Waals surface area contributed by atoms with Gasteiger partial charge in [0.1, 0.15) is 17.5 Å². The van der Waals surface area contributed by atoms with Gasteiger partial charge in [-0.15, -0.1) is 0 Å². The second-order valence-electron chi connectivity index (χ2n) is 9.28. The Bertz CT molecular complexity index is 1390. The van der Waals surface area contributed by atoms with E-state index in [2.05, 4.69) is 5.32 Å². The standard InChI is InChI=1S/C26H26Cl2FNO5S/c1-26(2,3)35-25(32)30-23(17-9-11-20(27)21(28)13-17)24(31)19-10-8-16(14-22(19)29)15-6-5-7-18(12-15)36(4,33)34/h5-14,23-24,31H,1-4H3,(H,30,32)/t23-,24-/m1/s1. The highest BCUT2D eigenvalue weighted by molar-refractivity contribution is 7.90. The molecule has 0 fully saturated rings. The number of alkyl carbamates (subject to hydrolysis) is 1. The number of hydrogen-bond acceptors (Lipinski definition) is 5. The van der Waals surface area contributed by atoms with Gasteiger partial charge in [0.15, 0.2) is 9.84 Å². The van der Waals surface area contributed by atoms with Crippen LogP contribution in [0.2, 0.25) is 10.0 Å². The molecule has 36 heavy (non-hydrogen) atoms. The molecule has 0 aliphatic heterocycles. The van der Waals surface area contributed by atoms with Crippen molar-refractivity contribution in [3.8, 4) is 11.1 Å². The highest BCUT2D eigenvalue weighted by Crippen LogP contribution is 2.35. The molecule has 2 N–H and O–H groups in total. The first kappa shape index (κ1) is 27.9. The van der Waals surface area contributed by atoms with Crippen molar-refractivity contribution < 1.29 is 27.4 Å². The first-order chi connectivity index (χ1) is 16.7. The van der Waals surface area contributed by atoms with Gasteiger partial charge in [-0.1, -0.05) is 53.5 Å². The highest BCUT2D eigenvalue weighted by Gasteiger charge is 2.29. The number of carbonyl (C=O) groups is 1. The van der Waals surface area contributed by atoms with Crippen LogP contribution in [0.5, 0.6) is 0 Å². The molecule has 2 atom stereocenters. The molecule has 0 radical (unpaired) electrons. The summed E-state index contributed by atoms with van der Waals surface area (Å²) >= 11 is 12.2. The Balaban J connectivity index is 1.99. The summed E-state index contributed by atoms with van der Waals surface area (Å²) in [6.07, 6.45) is -1.24. The van der Waals surface area contributed by atoms with E-state index in [1.807, 2.05) is 0 Å². The zero-order valence-electron chi connectivity index (χ0n) is 20.1. The normalized spacial score (nSPS) is 13.7. The molecule has 0 saturated heterocycles. The minimum atomic E-state index is -3.44. The number of sulfone groups is 1. The third-order valence-corrected chi connectivity index (χ3v) is 7.05. The number of amides is 1. The molecule has 0 aromatic heterocycles. The van der Waals surface area contributed by atoms with Crippen molar-refractivity contribution in [2.45, 2.75) is 43.4 Å². The van der Waals surface area contributed by atoms with E-state index >= 15 is 4.39 Å². The molecule has 0 saturated carbocycles. The zero-order valence-corrected chi connectivity index (χ0v) is 22.4.